The molecule has 1 aromatic rings. The number of nitro groups is 1. The molecule has 0 amide bonds. The molecule has 0 bridgehead atoms. The zero-order chi connectivity index (χ0) is 12.3. The molecule has 1 N–H and O–H groups in total. The third-order valence-electron chi connectivity index (χ3n) is 2.70. The monoisotopic (exact) mass is 223 g/mol. The molecule has 0 heterocycles. The zero-order valence-corrected chi connectivity index (χ0v) is 9.75. The smallest absolute Gasteiger partial charge is 0.269 e. The first-order valence-electron chi connectivity index (χ1n) is 5.36. The van der Waals surface area contributed by atoms with Crippen molar-refractivity contribution in [3.63, 3.8) is 0 Å². The molecule has 0 aliphatic carbocycles. The van der Waals surface area contributed by atoms with Gasteiger partial charge in [0.15, 0.2) is 0 Å². The number of aliphatic hydroxyl groups excluding tert-OH is 1. The van der Waals surface area contributed by atoms with Crippen LogP contribution in [0.2, 0.25) is 0 Å². The van der Waals surface area contributed by atoms with E-state index in [1.54, 1.807) is 13.0 Å². The highest BCUT2D eigenvalue weighted by molar-refractivity contribution is 5.36. The van der Waals surface area contributed by atoms with Gasteiger partial charge in [-0.15, -0.1) is 0 Å². The van der Waals surface area contributed by atoms with Crippen LogP contribution < -0.4 is 0 Å². The Kier molecular flexibility index (Phi) is 4.01. The van der Waals surface area contributed by atoms with Crippen molar-refractivity contribution < 1.29 is 10.0 Å². The molecule has 0 radical (unpaired) electrons. The summed E-state index contributed by atoms with van der Waals surface area (Å²) < 4.78 is 0. The Labute approximate surface area is 95.1 Å². The van der Waals surface area contributed by atoms with Crippen LogP contribution in [-0.4, -0.2) is 16.1 Å². The van der Waals surface area contributed by atoms with Gasteiger partial charge in [-0.2, -0.15) is 0 Å². The van der Waals surface area contributed by atoms with E-state index in [1.807, 2.05) is 19.9 Å². The predicted molar refractivity (Wildman–Crippen MR) is 62.4 cm³/mol. The summed E-state index contributed by atoms with van der Waals surface area (Å²) >= 11 is 0. The average Bonchev–Trinajstić information content (AvgIpc) is 2.16. The number of non-ortho nitro benzene ring substituents is 1. The van der Waals surface area contributed by atoms with Gasteiger partial charge in [0, 0.05) is 18.1 Å². The van der Waals surface area contributed by atoms with E-state index in [4.69, 9.17) is 0 Å². The number of hydrogen-bond acceptors (Lipinski definition) is 3. The molecule has 2 unspecified atom stereocenters. The number of nitrogens with zero attached hydrogens (tertiary/aromatic N) is 1. The Bertz CT molecular complexity index is 366. The first-order chi connectivity index (χ1) is 7.43. The molecule has 4 heteroatoms. The predicted octanol–water partition coefficient (Wildman–Crippen LogP) is 2.72. The molecule has 0 aliphatic heterocycles. The van der Waals surface area contributed by atoms with E-state index < -0.39 is 11.0 Å². The Hall–Kier alpha value is -1.42. The lowest BCUT2D eigenvalue weighted by molar-refractivity contribution is -0.384. The van der Waals surface area contributed by atoms with Gasteiger partial charge in [-0.05, 0) is 18.4 Å². The van der Waals surface area contributed by atoms with Gasteiger partial charge in [0.05, 0.1) is 11.0 Å². The van der Waals surface area contributed by atoms with Crippen molar-refractivity contribution in [3.8, 4) is 0 Å². The third kappa shape index (κ3) is 2.79. The fourth-order valence-electron chi connectivity index (χ4n) is 2.07. The Morgan fingerprint density at radius 1 is 1.31 bits per heavy atom. The van der Waals surface area contributed by atoms with Crippen LogP contribution in [-0.2, 0) is 0 Å². The molecular formula is C12H17NO3. The molecule has 1 aromatic carbocycles. The first kappa shape index (κ1) is 12.6. The highest BCUT2D eigenvalue weighted by Crippen LogP contribution is 2.29. The van der Waals surface area contributed by atoms with Gasteiger partial charge in [-0.3, -0.25) is 10.1 Å². The highest BCUT2D eigenvalue weighted by Gasteiger charge is 2.22. The Morgan fingerprint density at radius 3 is 2.38 bits per heavy atom. The van der Waals surface area contributed by atoms with Crippen LogP contribution in [0.25, 0.3) is 0 Å². The van der Waals surface area contributed by atoms with Crippen molar-refractivity contribution in [2.45, 2.75) is 32.8 Å². The summed E-state index contributed by atoms with van der Waals surface area (Å²) in [5.74, 6) is 0.168. The molecule has 2 atom stereocenters. The van der Waals surface area contributed by atoms with Gasteiger partial charge in [0.2, 0.25) is 0 Å². The van der Waals surface area contributed by atoms with Crippen LogP contribution in [0, 0.1) is 16.0 Å². The lowest BCUT2D eigenvalue weighted by Gasteiger charge is -2.23. The summed E-state index contributed by atoms with van der Waals surface area (Å²) in [6.45, 7) is 5.70. The maximum Gasteiger partial charge on any atom is 0.269 e. The molecule has 0 fully saturated rings. The minimum absolute atomic E-state index is 0.0695. The summed E-state index contributed by atoms with van der Waals surface area (Å²) in [6.07, 6.45) is -0.512. The van der Waals surface area contributed by atoms with Gasteiger partial charge in [0.1, 0.15) is 0 Å². The second-order valence-corrected chi connectivity index (χ2v) is 4.36. The fraction of sp³-hybridized carbons (Fsp3) is 0.500. The summed E-state index contributed by atoms with van der Waals surface area (Å²) in [5, 5.41) is 20.4. The number of nitro benzene ring substituents is 1. The Morgan fingerprint density at radius 2 is 1.94 bits per heavy atom. The summed E-state index contributed by atoms with van der Waals surface area (Å²) in [5.41, 5.74) is 0.892. The number of aliphatic hydroxyl groups is 1. The van der Waals surface area contributed by atoms with Crippen molar-refractivity contribution in [1.82, 2.24) is 0 Å². The molecule has 0 spiro atoms. The standard InChI is InChI=1S/C12H17NO3/c1-8(2)12(9(3)14)10-5-4-6-11(7-10)13(15)16/h4-9,12,14H,1-3H3. The van der Waals surface area contributed by atoms with Crippen molar-refractivity contribution in [2.24, 2.45) is 5.92 Å². The van der Waals surface area contributed by atoms with Crippen molar-refractivity contribution >= 4 is 5.69 Å². The van der Waals surface area contributed by atoms with E-state index in [1.165, 1.54) is 12.1 Å². The molecule has 0 saturated carbocycles. The largest absolute Gasteiger partial charge is 0.393 e. The quantitative estimate of drug-likeness (QED) is 0.630. The van der Waals surface area contributed by atoms with Crippen molar-refractivity contribution in [3.05, 3.63) is 39.9 Å². The van der Waals surface area contributed by atoms with Crippen molar-refractivity contribution in [2.75, 3.05) is 0 Å². The number of benzene rings is 1. The summed E-state index contributed by atoms with van der Waals surface area (Å²) in [6, 6.07) is 6.48. The molecular weight excluding hydrogens is 206 g/mol. The van der Waals surface area contributed by atoms with Crippen LogP contribution in [0.1, 0.15) is 32.3 Å². The topological polar surface area (TPSA) is 63.4 Å². The van der Waals surface area contributed by atoms with Gasteiger partial charge < -0.3 is 5.11 Å². The van der Waals surface area contributed by atoms with Gasteiger partial charge >= 0.3 is 0 Å². The molecule has 0 aromatic heterocycles. The SMILES string of the molecule is CC(C)C(c1cccc([N+](=O)[O-])c1)C(C)O. The molecule has 88 valence electrons. The maximum atomic E-state index is 10.7. The summed E-state index contributed by atoms with van der Waals surface area (Å²) in [4.78, 5) is 10.2. The maximum absolute atomic E-state index is 10.7. The zero-order valence-electron chi connectivity index (χ0n) is 9.75. The third-order valence-corrected chi connectivity index (χ3v) is 2.70. The molecule has 4 nitrogen and oxygen atoms in total. The second kappa shape index (κ2) is 5.07. The van der Waals surface area contributed by atoms with E-state index >= 15 is 0 Å². The van der Waals surface area contributed by atoms with Crippen LogP contribution in [0.5, 0.6) is 0 Å². The molecule has 0 saturated heterocycles. The van der Waals surface area contributed by atoms with E-state index in [0.717, 1.165) is 5.56 Å². The second-order valence-electron chi connectivity index (χ2n) is 4.36. The van der Waals surface area contributed by atoms with Gasteiger partial charge in [-0.1, -0.05) is 26.0 Å². The van der Waals surface area contributed by atoms with Crippen molar-refractivity contribution in [1.29, 1.82) is 0 Å². The Balaban J connectivity index is 3.10. The lowest BCUT2D eigenvalue weighted by Crippen LogP contribution is -2.20. The normalized spacial score (nSPS) is 14.8. The number of hydrogen-bond donors (Lipinski definition) is 1. The van der Waals surface area contributed by atoms with E-state index in [-0.39, 0.29) is 17.5 Å². The minimum Gasteiger partial charge on any atom is -0.393 e. The molecule has 16 heavy (non-hydrogen) atoms. The minimum atomic E-state index is -0.512. The highest BCUT2D eigenvalue weighted by atomic mass is 16.6. The van der Waals surface area contributed by atoms with Crippen LogP contribution in [0.4, 0.5) is 5.69 Å². The van der Waals surface area contributed by atoms with Crippen LogP contribution in [0.15, 0.2) is 24.3 Å². The van der Waals surface area contributed by atoms with Crippen LogP contribution in [0.3, 0.4) is 0 Å². The average molecular weight is 223 g/mol. The van der Waals surface area contributed by atoms with E-state index in [0.29, 0.717) is 0 Å². The first-order valence-corrected chi connectivity index (χ1v) is 5.36. The molecule has 0 aliphatic rings. The molecule has 1 rings (SSSR count). The lowest BCUT2D eigenvalue weighted by atomic mass is 9.84. The van der Waals surface area contributed by atoms with E-state index in [9.17, 15) is 15.2 Å². The van der Waals surface area contributed by atoms with Crippen LogP contribution >= 0.6 is 0 Å². The fourth-order valence-corrected chi connectivity index (χ4v) is 2.07. The van der Waals surface area contributed by atoms with Gasteiger partial charge in [0.25, 0.3) is 5.69 Å². The van der Waals surface area contributed by atoms with E-state index in [2.05, 4.69) is 0 Å². The summed E-state index contributed by atoms with van der Waals surface area (Å²) in [7, 11) is 0. The number of rotatable bonds is 4. The van der Waals surface area contributed by atoms with Gasteiger partial charge in [-0.25, -0.2) is 0 Å².